The average Bonchev–Trinajstić information content (AvgIpc) is 3.03. The van der Waals surface area contributed by atoms with E-state index in [4.69, 9.17) is 5.73 Å². The molecule has 0 saturated carbocycles. The van der Waals surface area contributed by atoms with Crippen LogP contribution in [0.3, 0.4) is 0 Å². The number of carbonyl (C=O) groups is 1. The number of anilines is 2. The van der Waals surface area contributed by atoms with Gasteiger partial charge in [0.2, 0.25) is 11.9 Å². The highest BCUT2D eigenvalue weighted by Gasteiger charge is 2.11. The van der Waals surface area contributed by atoms with Gasteiger partial charge in [-0.3, -0.25) is 14.6 Å². The van der Waals surface area contributed by atoms with Gasteiger partial charge >= 0.3 is 0 Å². The van der Waals surface area contributed by atoms with Crippen LogP contribution in [-0.4, -0.2) is 31.6 Å². The predicted molar refractivity (Wildman–Crippen MR) is 103 cm³/mol. The van der Waals surface area contributed by atoms with Gasteiger partial charge in [0.15, 0.2) is 16.3 Å². The molecule has 0 aliphatic rings. The molecule has 0 fully saturated rings. The monoisotopic (exact) mass is 372 g/mol. The number of imidazole rings is 1. The number of fused-ring (bicyclic) bond motifs is 1. The summed E-state index contributed by atoms with van der Waals surface area (Å²) in [6, 6.07) is 7.85. The molecule has 26 heavy (non-hydrogen) atoms. The number of nitrogens with two attached hydrogens (primary N) is 1. The normalized spacial score (nSPS) is 12.2. The number of H-pyrrole nitrogens is 2. The SMILES string of the molecule is CC[C@H](C)c1ccc(NC(=O)CSc2nc3nc(N)[nH]c(=O)c3[nH]2)cc1. The van der Waals surface area contributed by atoms with Gasteiger partial charge in [-0.1, -0.05) is 37.7 Å². The molecule has 0 radical (unpaired) electrons. The lowest BCUT2D eigenvalue weighted by atomic mass is 9.99. The zero-order chi connectivity index (χ0) is 18.7. The molecular formula is C17H20N6O2S. The first-order valence-corrected chi connectivity index (χ1v) is 9.23. The Morgan fingerprint density at radius 3 is 2.69 bits per heavy atom. The standard InChI is InChI=1S/C17H20N6O2S/c1-3-9(2)10-4-6-11(7-5-10)19-12(24)8-26-17-20-13-14(22-17)21-16(18)23-15(13)25/h4-7,9H,3,8H2,1-2H3,(H,19,24)(H4,18,20,21,22,23,25)/t9-/m0/s1. The summed E-state index contributed by atoms with van der Waals surface area (Å²) in [5.74, 6) is 0.492. The van der Waals surface area contributed by atoms with Crippen molar-refractivity contribution in [1.82, 2.24) is 19.9 Å². The van der Waals surface area contributed by atoms with Gasteiger partial charge in [-0.2, -0.15) is 4.98 Å². The Bertz CT molecular complexity index is 979. The highest BCUT2D eigenvalue weighted by molar-refractivity contribution is 7.99. The highest BCUT2D eigenvalue weighted by Crippen LogP contribution is 2.21. The lowest BCUT2D eigenvalue weighted by Gasteiger charge is -2.10. The Kier molecular flexibility index (Phi) is 5.27. The number of aromatic amines is 2. The lowest BCUT2D eigenvalue weighted by Crippen LogP contribution is -2.14. The summed E-state index contributed by atoms with van der Waals surface area (Å²) < 4.78 is 0. The van der Waals surface area contributed by atoms with E-state index in [0.29, 0.717) is 11.1 Å². The maximum absolute atomic E-state index is 12.1. The fourth-order valence-corrected chi connectivity index (χ4v) is 3.10. The number of nitrogens with zero attached hydrogens (tertiary/aromatic N) is 2. The Balaban J connectivity index is 1.60. The van der Waals surface area contributed by atoms with Crippen LogP contribution in [0.1, 0.15) is 31.7 Å². The van der Waals surface area contributed by atoms with Crippen LogP contribution in [0.25, 0.3) is 11.2 Å². The number of hydrogen-bond donors (Lipinski definition) is 4. The van der Waals surface area contributed by atoms with Crippen LogP contribution < -0.4 is 16.6 Å². The van der Waals surface area contributed by atoms with Crippen molar-refractivity contribution in [1.29, 1.82) is 0 Å². The van der Waals surface area contributed by atoms with Crippen LogP contribution in [0.5, 0.6) is 0 Å². The van der Waals surface area contributed by atoms with Crippen molar-refractivity contribution in [3.8, 4) is 0 Å². The van der Waals surface area contributed by atoms with E-state index in [-0.39, 0.29) is 28.8 Å². The maximum Gasteiger partial charge on any atom is 0.278 e. The summed E-state index contributed by atoms with van der Waals surface area (Å²) in [6.07, 6.45) is 1.07. The number of thioether (sulfide) groups is 1. The van der Waals surface area contributed by atoms with E-state index < -0.39 is 5.56 Å². The summed E-state index contributed by atoms with van der Waals surface area (Å²) >= 11 is 1.19. The fraction of sp³-hybridized carbons (Fsp3) is 0.294. The van der Waals surface area contributed by atoms with E-state index in [1.54, 1.807) is 0 Å². The number of carbonyl (C=O) groups excluding carboxylic acids is 1. The number of nitrogen functional groups attached to an aromatic ring is 1. The molecule has 3 aromatic rings. The van der Waals surface area contributed by atoms with Crippen LogP contribution in [-0.2, 0) is 4.79 Å². The molecule has 0 saturated heterocycles. The zero-order valence-corrected chi connectivity index (χ0v) is 15.3. The van der Waals surface area contributed by atoms with E-state index in [2.05, 4.69) is 39.1 Å². The molecule has 136 valence electrons. The number of hydrogen-bond acceptors (Lipinski definition) is 6. The van der Waals surface area contributed by atoms with Crippen molar-refractivity contribution >= 4 is 40.5 Å². The molecule has 0 unspecified atom stereocenters. The van der Waals surface area contributed by atoms with Crippen LogP contribution in [0, 0.1) is 0 Å². The summed E-state index contributed by atoms with van der Waals surface area (Å²) in [7, 11) is 0. The molecule has 0 spiro atoms. The van der Waals surface area contributed by atoms with Crippen molar-refractivity contribution < 1.29 is 4.79 Å². The van der Waals surface area contributed by atoms with E-state index >= 15 is 0 Å². The van der Waals surface area contributed by atoms with Gasteiger partial charge in [-0.25, -0.2) is 4.98 Å². The van der Waals surface area contributed by atoms with Gasteiger partial charge in [0.1, 0.15) is 0 Å². The summed E-state index contributed by atoms with van der Waals surface area (Å²) in [5.41, 5.74) is 7.57. The second-order valence-corrected chi connectivity index (χ2v) is 6.92. The van der Waals surface area contributed by atoms with Crippen molar-refractivity contribution in [2.75, 3.05) is 16.8 Å². The third-order valence-electron chi connectivity index (χ3n) is 4.07. The molecule has 5 N–H and O–H groups in total. The van der Waals surface area contributed by atoms with Gasteiger partial charge in [-0.15, -0.1) is 0 Å². The molecule has 8 nitrogen and oxygen atoms in total. The number of amides is 1. The highest BCUT2D eigenvalue weighted by atomic mass is 32.2. The summed E-state index contributed by atoms with van der Waals surface area (Å²) in [6.45, 7) is 4.32. The van der Waals surface area contributed by atoms with Gasteiger partial charge in [0.25, 0.3) is 5.56 Å². The van der Waals surface area contributed by atoms with E-state index in [1.807, 2.05) is 24.3 Å². The molecule has 1 atom stereocenters. The predicted octanol–water partition coefficient (Wildman–Crippen LogP) is 2.47. The molecule has 1 amide bonds. The van der Waals surface area contributed by atoms with Crippen molar-refractivity contribution in [3.05, 3.63) is 40.2 Å². The second kappa shape index (κ2) is 7.61. The van der Waals surface area contributed by atoms with E-state index in [1.165, 1.54) is 17.3 Å². The van der Waals surface area contributed by atoms with Crippen molar-refractivity contribution in [2.24, 2.45) is 0 Å². The van der Waals surface area contributed by atoms with Crippen molar-refractivity contribution in [2.45, 2.75) is 31.3 Å². The molecular weight excluding hydrogens is 352 g/mol. The molecule has 1 aromatic carbocycles. The number of nitrogens with one attached hydrogen (secondary N) is 3. The minimum absolute atomic E-state index is 0.00383. The molecule has 3 rings (SSSR count). The van der Waals surface area contributed by atoms with Gasteiger partial charge in [0.05, 0.1) is 5.75 Å². The van der Waals surface area contributed by atoms with Gasteiger partial charge in [0, 0.05) is 5.69 Å². The minimum Gasteiger partial charge on any atom is -0.369 e. The Morgan fingerprint density at radius 1 is 1.27 bits per heavy atom. The Hall–Kier alpha value is -2.81. The van der Waals surface area contributed by atoms with Gasteiger partial charge in [-0.05, 0) is 30.0 Å². The smallest absolute Gasteiger partial charge is 0.278 e. The Labute approximate surface area is 154 Å². The van der Waals surface area contributed by atoms with E-state index in [0.717, 1.165) is 12.1 Å². The third kappa shape index (κ3) is 4.05. The number of rotatable bonds is 6. The maximum atomic E-state index is 12.1. The summed E-state index contributed by atoms with van der Waals surface area (Å²) in [5, 5.41) is 3.28. The number of benzene rings is 1. The van der Waals surface area contributed by atoms with E-state index in [9.17, 15) is 9.59 Å². The first kappa shape index (κ1) is 18.0. The molecule has 2 heterocycles. The van der Waals surface area contributed by atoms with Crippen LogP contribution in [0.15, 0.2) is 34.2 Å². The minimum atomic E-state index is -0.391. The topological polar surface area (TPSA) is 130 Å². The molecule has 0 bridgehead atoms. The van der Waals surface area contributed by atoms with Crippen LogP contribution in [0.2, 0.25) is 0 Å². The van der Waals surface area contributed by atoms with Gasteiger partial charge < -0.3 is 16.0 Å². The molecule has 0 aliphatic carbocycles. The second-order valence-electron chi connectivity index (χ2n) is 5.96. The average molecular weight is 372 g/mol. The Morgan fingerprint density at radius 2 is 2.00 bits per heavy atom. The van der Waals surface area contributed by atoms with Crippen LogP contribution >= 0.6 is 11.8 Å². The van der Waals surface area contributed by atoms with Crippen LogP contribution in [0.4, 0.5) is 11.6 Å². The molecule has 2 aromatic heterocycles. The fourth-order valence-electron chi connectivity index (χ4n) is 2.43. The molecule has 9 heteroatoms. The lowest BCUT2D eigenvalue weighted by molar-refractivity contribution is -0.113. The molecule has 0 aliphatic heterocycles. The third-order valence-corrected chi connectivity index (χ3v) is 4.95. The first-order chi connectivity index (χ1) is 12.5. The quantitative estimate of drug-likeness (QED) is 0.492. The first-order valence-electron chi connectivity index (χ1n) is 8.24. The number of aromatic nitrogens is 4. The largest absolute Gasteiger partial charge is 0.369 e. The van der Waals surface area contributed by atoms with Crippen molar-refractivity contribution in [3.63, 3.8) is 0 Å². The summed E-state index contributed by atoms with van der Waals surface area (Å²) in [4.78, 5) is 37.2. The zero-order valence-electron chi connectivity index (χ0n) is 14.5.